The van der Waals surface area contributed by atoms with Gasteiger partial charge >= 0.3 is 0 Å². The monoisotopic (exact) mass is 782 g/mol. The zero-order valence-corrected chi connectivity index (χ0v) is 34.6. The Balaban J connectivity index is 1.22. The first-order chi connectivity index (χ1) is 29.9. The highest BCUT2D eigenvalue weighted by Crippen LogP contribution is 2.59. The SMILES string of the molecule is Cc1nc2ccc(-c3cccc4c(-c5cccc6c5-c5ccccc5C6(c5ccccc5)c5ccccc5)c5cccc(-c6ccc7nc(C)n(C)c7c6)c5cc34)cc2n1C. The van der Waals surface area contributed by atoms with Crippen LogP contribution in [0, 0.1) is 13.8 Å². The van der Waals surface area contributed by atoms with E-state index in [1.807, 2.05) is 0 Å². The van der Waals surface area contributed by atoms with Gasteiger partial charge in [-0.2, -0.15) is 0 Å². The molecule has 0 saturated heterocycles. The molecule has 290 valence electrons. The van der Waals surface area contributed by atoms with Crippen LogP contribution in [-0.2, 0) is 19.5 Å². The van der Waals surface area contributed by atoms with E-state index >= 15 is 0 Å². The van der Waals surface area contributed by atoms with E-state index in [0.29, 0.717) is 0 Å². The molecule has 1 aliphatic rings. The van der Waals surface area contributed by atoms with Crippen LogP contribution in [0.15, 0.2) is 182 Å². The van der Waals surface area contributed by atoms with Crippen LogP contribution in [-0.4, -0.2) is 19.1 Å². The first-order valence-corrected chi connectivity index (χ1v) is 21.1. The quantitative estimate of drug-likeness (QED) is 0.163. The largest absolute Gasteiger partial charge is 0.331 e. The van der Waals surface area contributed by atoms with Crippen LogP contribution in [0.2, 0.25) is 0 Å². The molecule has 0 unspecified atom stereocenters. The lowest BCUT2D eigenvalue weighted by molar-refractivity contribution is 0.768. The minimum atomic E-state index is -0.506. The first-order valence-electron chi connectivity index (χ1n) is 21.1. The summed E-state index contributed by atoms with van der Waals surface area (Å²) in [6.07, 6.45) is 0. The van der Waals surface area contributed by atoms with E-state index in [-0.39, 0.29) is 0 Å². The number of hydrogen-bond donors (Lipinski definition) is 0. The molecule has 11 aromatic rings. The fourth-order valence-corrected chi connectivity index (χ4v) is 10.6. The average molecular weight is 783 g/mol. The van der Waals surface area contributed by atoms with Gasteiger partial charge in [0, 0.05) is 14.1 Å². The van der Waals surface area contributed by atoms with Crippen LogP contribution < -0.4 is 0 Å². The van der Waals surface area contributed by atoms with Crippen molar-refractivity contribution in [1.82, 2.24) is 19.1 Å². The van der Waals surface area contributed by atoms with E-state index in [1.165, 1.54) is 88.3 Å². The van der Waals surface area contributed by atoms with Gasteiger partial charge in [-0.1, -0.05) is 152 Å². The van der Waals surface area contributed by atoms with Crippen molar-refractivity contribution < 1.29 is 0 Å². The number of hydrogen-bond acceptors (Lipinski definition) is 2. The van der Waals surface area contributed by atoms with Crippen LogP contribution in [0.5, 0.6) is 0 Å². The van der Waals surface area contributed by atoms with Crippen LogP contribution in [0.25, 0.3) is 88.1 Å². The summed E-state index contributed by atoms with van der Waals surface area (Å²) in [7, 11) is 4.21. The smallest absolute Gasteiger partial charge is 0.106 e. The molecule has 0 fully saturated rings. The van der Waals surface area contributed by atoms with Gasteiger partial charge in [0.2, 0.25) is 0 Å². The second-order valence-electron chi connectivity index (χ2n) is 16.7. The van der Waals surface area contributed by atoms with Crippen LogP contribution in [0.4, 0.5) is 0 Å². The molecule has 0 N–H and O–H groups in total. The van der Waals surface area contributed by atoms with E-state index in [4.69, 9.17) is 9.97 Å². The number of imidazole rings is 2. The highest BCUT2D eigenvalue weighted by atomic mass is 15.1. The number of aryl methyl sites for hydroxylation is 4. The molecular weight excluding hydrogens is 741 g/mol. The van der Waals surface area contributed by atoms with Crippen molar-refractivity contribution in [2.45, 2.75) is 19.3 Å². The summed E-state index contributed by atoms with van der Waals surface area (Å²) in [6, 6.07) is 67.9. The molecule has 1 aliphatic carbocycles. The van der Waals surface area contributed by atoms with E-state index in [9.17, 15) is 0 Å². The Bertz CT molecular complexity index is 3390. The van der Waals surface area contributed by atoms with Gasteiger partial charge in [0.05, 0.1) is 27.5 Å². The lowest BCUT2D eigenvalue weighted by atomic mass is 9.67. The predicted octanol–water partition coefficient (Wildman–Crippen LogP) is 13.7. The molecule has 0 saturated carbocycles. The number of nitrogens with zero attached hydrogens (tertiary/aromatic N) is 4. The Hall–Kier alpha value is -7.56. The summed E-state index contributed by atoms with van der Waals surface area (Å²) in [5, 5.41) is 4.89. The molecule has 9 aromatic carbocycles. The number of aromatic nitrogens is 4. The van der Waals surface area contributed by atoms with Crippen molar-refractivity contribution in [1.29, 1.82) is 0 Å². The third-order valence-corrected chi connectivity index (χ3v) is 13.6. The van der Waals surface area contributed by atoms with Gasteiger partial charge in [0.15, 0.2) is 0 Å². The summed E-state index contributed by atoms with van der Waals surface area (Å²) in [5.41, 5.74) is 18.7. The summed E-state index contributed by atoms with van der Waals surface area (Å²) >= 11 is 0. The summed E-state index contributed by atoms with van der Waals surface area (Å²) in [5.74, 6) is 2.01. The highest BCUT2D eigenvalue weighted by Gasteiger charge is 2.47. The molecule has 2 heterocycles. The maximum Gasteiger partial charge on any atom is 0.106 e. The van der Waals surface area contributed by atoms with E-state index in [1.54, 1.807) is 0 Å². The maximum atomic E-state index is 4.84. The number of benzene rings is 9. The molecule has 61 heavy (non-hydrogen) atoms. The van der Waals surface area contributed by atoms with Crippen LogP contribution >= 0.6 is 0 Å². The second kappa shape index (κ2) is 13.2. The predicted molar refractivity (Wildman–Crippen MR) is 253 cm³/mol. The molecular formula is C57H42N4. The Morgan fingerprint density at radius 2 is 0.836 bits per heavy atom. The Kier molecular flexibility index (Phi) is 7.67. The van der Waals surface area contributed by atoms with Gasteiger partial charge in [-0.25, -0.2) is 9.97 Å². The highest BCUT2D eigenvalue weighted by molar-refractivity contribution is 6.21. The molecule has 0 aliphatic heterocycles. The third kappa shape index (κ3) is 4.99. The zero-order valence-electron chi connectivity index (χ0n) is 34.6. The van der Waals surface area contributed by atoms with Gasteiger partial charge in [0.25, 0.3) is 0 Å². The minimum Gasteiger partial charge on any atom is -0.331 e. The summed E-state index contributed by atoms with van der Waals surface area (Å²) in [6.45, 7) is 4.14. The lowest BCUT2D eigenvalue weighted by Crippen LogP contribution is -2.28. The van der Waals surface area contributed by atoms with Crippen molar-refractivity contribution in [2.75, 3.05) is 0 Å². The minimum absolute atomic E-state index is 0.506. The number of fused-ring (bicyclic) bond motifs is 7. The number of rotatable bonds is 5. The van der Waals surface area contributed by atoms with Crippen molar-refractivity contribution in [3.8, 4) is 44.5 Å². The third-order valence-electron chi connectivity index (χ3n) is 13.6. The molecule has 0 atom stereocenters. The van der Waals surface area contributed by atoms with Crippen molar-refractivity contribution in [3.05, 3.63) is 216 Å². The van der Waals surface area contributed by atoms with Crippen LogP contribution in [0.1, 0.15) is 33.9 Å². The van der Waals surface area contributed by atoms with Gasteiger partial charge in [-0.15, -0.1) is 0 Å². The summed E-state index contributed by atoms with van der Waals surface area (Å²) < 4.78 is 4.38. The zero-order chi connectivity index (χ0) is 41.0. The molecule has 0 bridgehead atoms. The van der Waals surface area contributed by atoms with Crippen molar-refractivity contribution >= 4 is 43.6 Å². The molecule has 12 rings (SSSR count). The molecule has 4 heteroatoms. The molecule has 0 radical (unpaired) electrons. The molecule has 0 spiro atoms. The standard InChI is InChI=1S/C57H42N4/c1-35-58-51-30-28-37(32-53(51)60(35)3)41-21-13-23-43-47(41)34-48-42(38-29-31-52-54(33-38)61(4)36(2)59-52)22-14-24-44(48)55(43)46-25-15-27-50-56(46)45-20-11-12-26-49(45)57(50,39-16-7-5-8-17-39)40-18-9-6-10-19-40/h5-34H,1-4H3. The average Bonchev–Trinajstić information content (AvgIpc) is 3.89. The Morgan fingerprint density at radius 3 is 1.39 bits per heavy atom. The van der Waals surface area contributed by atoms with Gasteiger partial charge < -0.3 is 9.13 Å². The van der Waals surface area contributed by atoms with Gasteiger partial charge in [-0.05, 0) is 132 Å². The van der Waals surface area contributed by atoms with Gasteiger partial charge in [0.1, 0.15) is 11.6 Å². The van der Waals surface area contributed by atoms with E-state index in [2.05, 4.69) is 219 Å². The maximum absolute atomic E-state index is 4.84. The first kappa shape index (κ1) is 35.4. The molecule has 2 aromatic heterocycles. The fraction of sp³-hybridized carbons (Fsp3) is 0.0877. The fourth-order valence-electron chi connectivity index (χ4n) is 10.6. The second-order valence-corrected chi connectivity index (χ2v) is 16.7. The van der Waals surface area contributed by atoms with Crippen LogP contribution in [0.3, 0.4) is 0 Å². The van der Waals surface area contributed by atoms with E-state index in [0.717, 1.165) is 33.7 Å². The van der Waals surface area contributed by atoms with E-state index < -0.39 is 5.41 Å². The Morgan fingerprint density at radius 1 is 0.377 bits per heavy atom. The van der Waals surface area contributed by atoms with Crippen molar-refractivity contribution in [2.24, 2.45) is 14.1 Å². The van der Waals surface area contributed by atoms with Crippen molar-refractivity contribution in [3.63, 3.8) is 0 Å². The Labute approximate surface area is 355 Å². The topological polar surface area (TPSA) is 35.6 Å². The molecule has 0 amide bonds. The normalized spacial score (nSPS) is 13.0. The molecule has 4 nitrogen and oxygen atoms in total. The lowest BCUT2D eigenvalue weighted by Gasteiger charge is -2.34. The van der Waals surface area contributed by atoms with Gasteiger partial charge in [-0.3, -0.25) is 0 Å². The summed E-state index contributed by atoms with van der Waals surface area (Å²) in [4.78, 5) is 9.69.